The maximum atomic E-state index is 12.1. The number of rotatable bonds is 12. The number of aryl methyl sites for hydroxylation is 1. The molecule has 0 saturated carbocycles. The van der Waals surface area contributed by atoms with Gasteiger partial charge in [0.2, 0.25) is 0 Å². The molecule has 0 aliphatic rings. The summed E-state index contributed by atoms with van der Waals surface area (Å²) in [6.07, 6.45) is 4.29. The van der Waals surface area contributed by atoms with Gasteiger partial charge in [0.1, 0.15) is 6.61 Å². The van der Waals surface area contributed by atoms with Crippen LogP contribution in [0.3, 0.4) is 0 Å². The van der Waals surface area contributed by atoms with Crippen LogP contribution < -0.4 is 10.8 Å². The molecule has 1 heterocycles. The number of benzene rings is 3. The van der Waals surface area contributed by atoms with Crippen LogP contribution in [0.1, 0.15) is 27.9 Å². The topological polar surface area (TPSA) is 94.6 Å². The molecule has 0 radical (unpaired) electrons. The van der Waals surface area contributed by atoms with E-state index in [2.05, 4.69) is 53.6 Å². The molecule has 6 nitrogen and oxygen atoms in total. The molecule has 0 aliphatic carbocycles. The van der Waals surface area contributed by atoms with Crippen molar-refractivity contribution in [1.29, 1.82) is 0 Å². The van der Waals surface area contributed by atoms with Gasteiger partial charge in [-0.2, -0.15) is 0 Å². The van der Waals surface area contributed by atoms with Gasteiger partial charge in [0.15, 0.2) is 5.78 Å². The molecule has 4 rings (SSSR count). The summed E-state index contributed by atoms with van der Waals surface area (Å²) < 4.78 is 5.47. The third-order valence-corrected chi connectivity index (χ3v) is 6.14. The second-order valence-electron chi connectivity index (χ2n) is 8.85. The Balaban J connectivity index is 1.17. The number of carbonyl (C=O) groups excluding carboxylic acids is 1. The maximum Gasteiger partial charge on any atom is 0.488 e. The molecule has 0 amide bonds. The van der Waals surface area contributed by atoms with Crippen molar-refractivity contribution in [3.8, 4) is 0 Å². The number of fused-ring (bicyclic) bond motifs is 1. The summed E-state index contributed by atoms with van der Waals surface area (Å²) in [7, 11) is -1.49. The number of hydrogen-bond donors (Lipinski definition) is 4. The first kappa shape index (κ1) is 25.6. The molecule has 0 unspecified atom stereocenters. The number of aromatic nitrogens is 1. The van der Waals surface area contributed by atoms with E-state index < -0.39 is 7.12 Å². The maximum absolute atomic E-state index is 12.1. The van der Waals surface area contributed by atoms with Crippen LogP contribution in [0.5, 0.6) is 0 Å². The molecule has 0 fully saturated rings. The summed E-state index contributed by atoms with van der Waals surface area (Å²) in [5, 5.41) is 23.1. The molecule has 7 heteroatoms. The summed E-state index contributed by atoms with van der Waals surface area (Å²) >= 11 is 0. The van der Waals surface area contributed by atoms with Crippen LogP contribution >= 0.6 is 0 Å². The Labute approximate surface area is 211 Å². The highest BCUT2D eigenvalue weighted by Crippen LogP contribution is 2.22. The lowest BCUT2D eigenvalue weighted by Gasteiger charge is -2.06. The van der Waals surface area contributed by atoms with Gasteiger partial charge in [0, 0.05) is 23.1 Å². The third kappa shape index (κ3) is 7.02. The second kappa shape index (κ2) is 12.5. The van der Waals surface area contributed by atoms with E-state index >= 15 is 0 Å². The van der Waals surface area contributed by atoms with Crippen molar-refractivity contribution in [3.63, 3.8) is 0 Å². The Morgan fingerprint density at radius 2 is 1.72 bits per heavy atom. The molecule has 1 aromatic heterocycles. The van der Waals surface area contributed by atoms with E-state index in [0.717, 1.165) is 30.6 Å². The highest BCUT2D eigenvalue weighted by molar-refractivity contribution is 6.58. The van der Waals surface area contributed by atoms with Gasteiger partial charge in [-0.3, -0.25) is 4.79 Å². The predicted octanol–water partition coefficient (Wildman–Crippen LogP) is 3.29. The Kier molecular flexibility index (Phi) is 8.87. The summed E-state index contributed by atoms with van der Waals surface area (Å²) in [4.78, 5) is 15.6. The van der Waals surface area contributed by atoms with Gasteiger partial charge in [-0.15, -0.1) is 0 Å². The van der Waals surface area contributed by atoms with Crippen LogP contribution in [0.2, 0.25) is 0 Å². The van der Waals surface area contributed by atoms with Gasteiger partial charge in [-0.1, -0.05) is 72.8 Å². The van der Waals surface area contributed by atoms with Gasteiger partial charge in [0.05, 0.1) is 6.61 Å². The summed E-state index contributed by atoms with van der Waals surface area (Å²) in [5.74, 6) is -0.115. The number of aromatic amines is 1. The number of carbonyl (C=O) groups is 1. The monoisotopic (exact) mass is 482 g/mol. The lowest BCUT2D eigenvalue weighted by Crippen LogP contribution is -2.29. The normalized spacial score (nSPS) is 11.4. The number of H-pyrrole nitrogens is 1. The highest BCUT2D eigenvalue weighted by Gasteiger charge is 2.10. The van der Waals surface area contributed by atoms with E-state index in [1.165, 1.54) is 33.8 Å². The van der Waals surface area contributed by atoms with E-state index in [0.29, 0.717) is 5.46 Å². The van der Waals surface area contributed by atoms with E-state index in [9.17, 15) is 4.79 Å². The largest absolute Gasteiger partial charge is 0.488 e. The van der Waals surface area contributed by atoms with Crippen molar-refractivity contribution in [3.05, 3.63) is 107 Å². The second-order valence-corrected chi connectivity index (χ2v) is 8.85. The van der Waals surface area contributed by atoms with Crippen LogP contribution in [0.15, 0.2) is 78.9 Å². The standard InChI is InChI=1S/C29H31BN2O4/c1-21-27(28-4-2-3-5-29(28)32-21)16-17-31-18-23-8-6-22(7-9-23)12-15-26(33)20-36-19-24-10-13-25(14-11-24)30(34)35/h2-15,31-32,34-35H,16-20H2,1H3/b15-12+. The summed E-state index contributed by atoms with van der Waals surface area (Å²) in [6, 6.07) is 23.3. The number of hydrogen-bond acceptors (Lipinski definition) is 5. The number of para-hydroxylation sites is 1. The van der Waals surface area contributed by atoms with Gasteiger partial charge in [0.25, 0.3) is 0 Å². The van der Waals surface area contributed by atoms with Crippen LogP contribution in [0.4, 0.5) is 0 Å². The van der Waals surface area contributed by atoms with Crippen LogP contribution in [0.25, 0.3) is 17.0 Å². The zero-order chi connectivity index (χ0) is 25.3. The fourth-order valence-corrected chi connectivity index (χ4v) is 4.14. The average Bonchev–Trinajstić information content (AvgIpc) is 3.21. The van der Waals surface area contributed by atoms with E-state index in [1.807, 2.05) is 12.1 Å². The summed E-state index contributed by atoms with van der Waals surface area (Å²) in [5.41, 5.74) is 7.21. The third-order valence-electron chi connectivity index (χ3n) is 6.14. The zero-order valence-electron chi connectivity index (χ0n) is 20.4. The van der Waals surface area contributed by atoms with Crippen LogP contribution in [-0.4, -0.2) is 41.1 Å². The molecule has 0 spiro atoms. The van der Waals surface area contributed by atoms with Crippen molar-refractivity contribution in [2.45, 2.75) is 26.5 Å². The molecule has 0 atom stereocenters. The lowest BCUT2D eigenvalue weighted by molar-refractivity contribution is -0.119. The fraction of sp³-hybridized carbons (Fsp3) is 0.207. The molecule has 4 N–H and O–H groups in total. The first-order valence-electron chi connectivity index (χ1n) is 12.1. The van der Waals surface area contributed by atoms with Crippen molar-refractivity contribution in [2.24, 2.45) is 0 Å². The van der Waals surface area contributed by atoms with E-state index in [4.69, 9.17) is 14.8 Å². The first-order chi connectivity index (χ1) is 17.5. The minimum atomic E-state index is -1.49. The molecule has 0 bridgehead atoms. The smallest absolute Gasteiger partial charge is 0.423 e. The molecule has 0 saturated heterocycles. The predicted molar refractivity (Wildman–Crippen MR) is 145 cm³/mol. The number of ketones is 1. The SMILES string of the molecule is Cc1[nH]c2ccccc2c1CCNCc1ccc(/C=C/C(=O)COCc2ccc(B(O)O)cc2)cc1. The van der Waals surface area contributed by atoms with Crippen molar-refractivity contribution < 1.29 is 19.6 Å². The van der Waals surface area contributed by atoms with E-state index in [1.54, 1.807) is 30.3 Å². The molecule has 4 aromatic rings. The Bertz CT molecular complexity index is 1310. The van der Waals surface area contributed by atoms with Gasteiger partial charge < -0.3 is 25.1 Å². The zero-order valence-corrected chi connectivity index (χ0v) is 20.4. The summed E-state index contributed by atoms with van der Waals surface area (Å²) in [6.45, 7) is 4.08. The Morgan fingerprint density at radius 1 is 1.00 bits per heavy atom. The van der Waals surface area contributed by atoms with Gasteiger partial charge in [-0.05, 0) is 59.7 Å². The lowest BCUT2D eigenvalue weighted by atomic mass is 9.80. The minimum absolute atomic E-state index is 0.0151. The van der Waals surface area contributed by atoms with Crippen LogP contribution in [-0.2, 0) is 29.1 Å². The highest BCUT2D eigenvalue weighted by atomic mass is 16.5. The molecular formula is C29H31BN2O4. The van der Waals surface area contributed by atoms with Crippen molar-refractivity contribution in [2.75, 3.05) is 13.2 Å². The number of nitrogens with one attached hydrogen (secondary N) is 2. The number of ether oxygens (including phenoxy) is 1. The van der Waals surface area contributed by atoms with Crippen molar-refractivity contribution in [1.82, 2.24) is 10.3 Å². The Hall–Kier alpha value is -3.49. The minimum Gasteiger partial charge on any atom is -0.423 e. The van der Waals surface area contributed by atoms with Gasteiger partial charge >= 0.3 is 7.12 Å². The molecule has 184 valence electrons. The fourth-order valence-electron chi connectivity index (χ4n) is 4.14. The van der Waals surface area contributed by atoms with Crippen LogP contribution in [0, 0.1) is 6.92 Å². The molecule has 36 heavy (non-hydrogen) atoms. The molecule has 3 aromatic carbocycles. The molecule has 0 aliphatic heterocycles. The first-order valence-corrected chi connectivity index (χ1v) is 12.1. The quantitative estimate of drug-likeness (QED) is 0.141. The van der Waals surface area contributed by atoms with Crippen molar-refractivity contribution >= 4 is 35.3 Å². The molecular weight excluding hydrogens is 451 g/mol. The van der Waals surface area contributed by atoms with Gasteiger partial charge in [-0.25, -0.2) is 0 Å². The Morgan fingerprint density at radius 3 is 2.47 bits per heavy atom. The van der Waals surface area contributed by atoms with E-state index in [-0.39, 0.29) is 19.0 Å². The average molecular weight is 482 g/mol.